The number of ether oxygens (including phenoxy) is 1. The lowest BCUT2D eigenvalue weighted by molar-refractivity contribution is -0.148. The standard InChI is InChI=1S/C9H17NO2/c1-3-7-4-5-10-6-8(7)9(11)12-2/h7-8,10H,3-6H2,1-2H3. The molecule has 12 heavy (non-hydrogen) atoms. The number of hydrogen-bond acceptors (Lipinski definition) is 3. The van der Waals surface area contributed by atoms with Crippen molar-refractivity contribution in [3.05, 3.63) is 0 Å². The molecule has 0 bridgehead atoms. The second kappa shape index (κ2) is 4.45. The molecule has 0 aromatic carbocycles. The molecule has 1 aliphatic heterocycles. The van der Waals surface area contributed by atoms with Gasteiger partial charge in [0.25, 0.3) is 0 Å². The second-order valence-electron chi connectivity index (χ2n) is 3.29. The number of nitrogens with one attached hydrogen (secondary N) is 1. The van der Waals surface area contributed by atoms with Crippen molar-refractivity contribution in [2.75, 3.05) is 20.2 Å². The molecule has 0 aromatic heterocycles. The first-order valence-corrected chi connectivity index (χ1v) is 4.58. The molecule has 70 valence electrons. The molecule has 0 saturated carbocycles. The molecule has 0 aliphatic carbocycles. The zero-order valence-electron chi connectivity index (χ0n) is 7.80. The van der Waals surface area contributed by atoms with Gasteiger partial charge in [0.05, 0.1) is 13.0 Å². The first-order chi connectivity index (χ1) is 5.79. The molecule has 3 nitrogen and oxygen atoms in total. The van der Waals surface area contributed by atoms with E-state index in [0.29, 0.717) is 5.92 Å². The Bertz CT molecular complexity index is 159. The molecule has 0 radical (unpaired) electrons. The fraction of sp³-hybridized carbons (Fsp3) is 0.889. The average molecular weight is 171 g/mol. The van der Waals surface area contributed by atoms with E-state index in [2.05, 4.69) is 12.2 Å². The topological polar surface area (TPSA) is 38.3 Å². The molecule has 1 N–H and O–H groups in total. The van der Waals surface area contributed by atoms with Gasteiger partial charge in [-0.3, -0.25) is 4.79 Å². The molecular formula is C9H17NO2. The van der Waals surface area contributed by atoms with Crippen molar-refractivity contribution < 1.29 is 9.53 Å². The van der Waals surface area contributed by atoms with Gasteiger partial charge in [-0.1, -0.05) is 13.3 Å². The summed E-state index contributed by atoms with van der Waals surface area (Å²) >= 11 is 0. The molecule has 0 amide bonds. The highest BCUT2D eigenvalue weighted by atomic mass is 16.5. The monoisotopic (exact) mass is 171 g/mol. The lowest BCUT2D eigenvalue weighted by Gasteiger charge is -2.29. The molecule has 1 aliphatic rings. The normalized spacial score (nSPS) is 29.8. The van der Waals surface area contributed by atoms with Crippen molar-refractivity contribution in [3.8, 4) is 0 Å². The minimum Gasteiger partial charge on any atom is -0.469 e. The lowest BCUT2D eigenvalue weighted by atomic mass is 9.85. The molecule has 1 saturated heterocycles. The van der Waals surface area contributed by atoms with Gasteiger partial charge >= 0.3 is 5.97 Å². The average Bonchev–Trinajstić information content (AvgIpc) is 2.16. The van der Waals surface area contributed by atoms with Crippen LogP contribution in [0.1, 0.15) is 19.8 Å². The van der Waals surface area contributed by atoms with Crippen LogP contribution in [0, 0.1) is 11.8 Å². The number of carbonyl (C=O) groups excluding carboxylic acids is 1. The first kappa shape index (κ1) is 9.52. The third-order valence-electron chi connectivity index (χ3n) is 2.65. The van der Waals surface area contributed by atoms with Gasteiger partial charge in [-0.15, -0.1) is 0 Å². The van der Waals surface area contributed by atoms with Crippen LogP contribution in [0.3, 0.4) is 0 Å². The molecule has 0 spiro atoms. The molecule has 2 atom stereocenters. The van der Waals surface area contributed by atoms with Crippen molar-refractivity contribution in [1.82, 2.24) is 5.32 Å². The summed E-state index contributed by atoms with van der Waals surface area (Å²) in [4.78, 5) is 11.3. The van der Waals surface area contributed by atoms with E-state index in [1.54, 1.807) is 0 Å². The molecule has 3 heteroatoms. The summed E-state index contributed by atoms with van der Waals surface area (Å²) in [6.07, 6.45) is 2.16. The highest BCUT2D eigenvalue weighted by Gasteiger charge is 2.29. The molecular weight excluding hydrogens is 154 g/mol. The maximum absolute atomic E-state index is 11.3. The van der Waals surface area contributed by atoms with Gasteiger partial charge in [-0.25, -0.2) is 0 Å². The number of esters is 1. The molecule has 1 rings (SSSR count). The van der Waals surface area contributed by atoms with Crippen molar-refractivity contribution >= 4 is 5.97 Å². The Morgan fingerprint density at radius 2 is 2.42 bits per heavy atom. The van der Waals surface area contributed by atoms with Crippen molar-refractivity contribution in [2.24, 2.45) is 11.8 Å². The predicted molar refractivity (Wildman–Crippen MR) is 46.8 cm³/mol. The smallest absolute Gasteiger partial charge is 0.310 e. The van der Waals surface area contributed by atoms with Crippen LogP contribution in [0.15, 0.2) is 0 Å². The Hall–Kier alpha value is -0.570. The van der Waals surface area contributed by atoms with Crippen molar-refractivity contribution in [3.63, 3.8) is 0 Å². The highest BCUT2D eigenvalue weighted by molar-refractivity contribution is 5.73. The zero-order chi connectivity index (χ0) is 8.97. The molecule has 1 fully saturated rings. The fourth-order valence-corrected chi connectivity index (χ4v) is 1.83. The number of methoxy groups -OCH3 is 1. The third-order valence-corrected chi connectivity index (χ3v) is 2.65. The minimum absolute atomic E-state index is 0.0611. The van der Waals surface area contributed by atoms with Gasteiger partial charge in [-0.2, -0.15) is 0 Å². The summed E-state index contributed by atoms with van der Waals surface area (Å²) in [5.41, 5.74) is 0. The molecule has 2 unspecified atom stereocenters. The van der Waals surface area contributed by atoms with Gasteiger partial charge in [0, 0.05) is 6.54 Å². The van der Waals surface area contributed by atoms with E-state index in [4.69, 9.17) is 4.74 Å². The van der Waals surface area contributed by atoms with Crippen LogP contribution in [0.2, 0.25) is 0 Å². The van der Waals surface area contributed by atoms with E-state index < -0.39 is 0 Å². The number of rotatable bonds is 2. The van der Waals surface area contributed by atoms with E-state index in [1.165, 1.54) is 7.11 Å². The van der Waals surface area contributed by atoms with Crippen molar-refractivity contribution in [2.45, 2.75) is 19.8 Å². The SMILES string of the molecule is CCC1CCNCC1C(=O)OC. The zero-order valence-corrected chi connectivity index (χ0v) is 7.80. The van der Waals surface area contributed by atoms with Crippen LogP contribution in [0.4, 0.5) is 0 Å². The van der Waals surface area contributed by atoms with E-state index in [-0.39, 0.29) is 11.9 Å². The largest absolute Gasteiger partial charge is 0.469 e. The van der Waals surface area contributed by atoms with Crippen molar-refractivity contribution in [1.29, 1.82) is 0 Å². The third kappa shape index (κ3) is 1.97. The second-order valence-corrected chi connectivity index (χ2v) is 3.29. The van der Waals surface area contributed by atoms with E-state index >= 15 is 0 Å². The summed E-state index contributed by atoms with van der Waals surface area (Å²) in [5.74, 6) is 0.529. The summed E-state index contributed by atoms with van der Waals surface area (Å²) in [5, 5.41) is 3.21. The highest BCUT2D eigenvalue weighted by Crippen LogP contribution is 2.23. The van der Waals surface area contributed by atoms with Gasteiger partial charge in [-0.05, 0) is 18.9 Å². The fourth-order valence-electron chi connectivity index (χ4n) is 1.83. The Kier molecular flexibility index (Phi) is 3.53. The van der Waals surface area contributed by atoms with Gasteiger partial charge in [0.15, 0.2) is 0 Å². The first-order valence-electron chi connectivity index (χ1n) is 4.58. The Morgan fingerprint density at radius 1 is 1.67 bits per heavy atom. The van der Waals surface area contributed by atoms with Crippen LogP contribution in [-0.2, 0) is 9.53 Å². The maximum atomic E-state index is 11.3. The van der Waals surface area contributed by atoms with Gasteiger partial charge in [0.1, 0.15) is 0 Å². The van der Waals surface area contributed by atoms with Crippen LogP contribution in [0.5, 0.6) is 0 Å². The maximum Gasteiger partial charge on any atom is 0.310 e. The van der Waals surface area contributed by atoms with E-state index in [9.17, 15) is 4.79 Å². The summed E-state index contributed by atoms with van der Waals surface area (Å²) in [6, 6.07) is 0. The minimum atomic E-state index is -0.0611. The van der Waals surface area contributed by atoms with E-state index in [0.717, 1.165) is 25.9 Å². The number of piperidine rings is 1. The van der Waals surface area contributed by atoms with Gasteiger partial charge < -0.3 is 10.1 Å². The van der Waals surface area contributed by atoms with Gasteiger partial charge in [0.2, 0.25) is 0 Å². The van der Waals surface area contributed by atoms with Crippen LogP contribution < -0.4 is 5.32 Å². The van der Waals surface area contributed by atoms with Crippen LogP contribution in [-0.4, -0.2) is 26.2 Å². The Balaban J connectivity index is 2.52. The Morgan fingerprint density at radius 3 is 3.00 bits per heavy atom. The number of hydrogen-bond donors (Lipinski definition) is 1. The quantitative estimate of drug-likeness (QED) is 0.624. The Labute approximate surface area is 73.5 Å². The molecule has 0 aromatic rings. The van der Waals surface area contributed by atoms with E-state index in [1.807, 2.05) is 0 Å². The molecule has 1 heterocycles. The summed E-state index contributed by atoms with van der Waals surface area (Å²) in [6.45, 7) is 3.95. The lowest BCUT2D eigenvalue weighted by Crippen LogP contribution is -2.41. The summed E-state index contributed by atoms with van der Waals surface area (Å²) < 4.78 is 4.74. The van der Waals surface area contributed by atoms with Crippen LogP contribution in [0.25, 0.3) is 0 Å². The summed E-state index contributed by atoms with van der Waals surface area (Å²) in [7, 11) is 1.46. The number of carbonyl (C=O) groups is 1. The predicted octanol–water partition coefficient (Wildman–Crippen LogP) is 0.795. The van der Waals surface area contributed by atoms with Crippen LogP contribution >= 0.6 is 0 Å².